The zero-order chi connectivity index (χ0) is 26.1. The van der Waals surface area contributed by atoms with Gasteiger partial charge in [0, 0.05) is 29.7 Å². The van der Waals surface area contributed by atoms with E-state index in [1.54, 1.807) is 6.07 Å². The molecule has 0 saturated carbocycles. The van der Waals surface area contributed by atoms with E-state index < -0.39 is 0 Å². The van der Waals surface area contributed by atoms with E-state index >= 15 is 0 Å². The third-order valence-electron chi connectivity index (χ3n) is 7.23. The van der Waals surface area contributed by atoms with Crippen LogP contribution in [-0.2, 0) is 4.74 Å². The highest BCUT2D eigenvalue weighted by molar-refractivity contribution is 5.73. The van der Waals surface area contributed by atoms with Gasteiger partial charge in [-0.1, -0.05) is 24.8 Å². The number of phenols is 1. The Bertz CT molecular complexity index is 1160. The monoisotopic (exact) mass is 488 g/mol. The summed E-state index contributed by atoms with van der Waals surface area (Å²) in [6, 6.07) is 8.06. The van der Waals surface area contributed by atoms with E-state index in [4.69, 9.17) is 4.74 Å². The number of nitrogens with one attached hydrogen (secondary N) is 1. The molecule has 0 atom stereocenters. The number of piperidine rings is 1. The Morgan fingerprint density at radius 2 is 1.89 bits per heavy atom. The Hall–Kier alpha value is -2.96. The molecule has 2 N–H and O–H groups in total. The Morgan fingerprint density at radius 1 is 1.17 bits per heavy atom. The van der Waals surface area contributed by atoms with E-state index in [-0.39, 0.29) is 16.8 Å². The number of nitrogens with zero attached hydrogens (tertiary/aromatic N) is 3. The summed E-state index contributed by atoms with van der Waals surface area (Å²) in [6.45, 7) is 16.6. The maximum absolute atomic E-state index is 10.7. The Labute approximate surface area is 215 Å². The lowest BCUT2D eigenvalue weighted by molar-refractivity contribution is 0.155. The van der Waals surface area contributed by atoms with Crippen LogP contribution >= 0.6 is 0 Å². The van der Waals surface area contributed by atoms with Crippen molar-refractivity contribution in [2.24, 2.45) is 0 Å². The molecule has 0 amide bonds. The minimum absolute atomic E-state index is 0.0538. The van der Waals surface area contributed by atoms with Crippen LogP contribution in [0.3, 0.4) is 0 Å². The van der Waals surface area contributed by atoms with Crippen molar-refractivity contribution < 1.29 is 9.84 Å². The first-order chi connectivity index (χ1) is 16.9. The van der Waals surface area contributed by atoms with E-state index in [0.29, 0.717) is 23.9 Å². The summed E-state index contributed by atoms with van der Waals surface area (Å²) in [5.41, 5.74) is 5.64. The molecule has 0 radical (unpaired) electrons. The highest BCUT2D eigenvalue weighted by Gasteiger charge is 2.39. The van der Waals surface area contributed by atoms with Gasteiger partial charge in [-0.25, -0.2) is 0 Å². The topological polar surface area (TPSA) is 70.5 Å². The SMILES string of the molecule is C=C(/C=C\c1cc(-c2ccc(N(C)C3CC(C)(C)NC(C)(C)C3)nn2)c(O)cc1C)C1=CCOCC1. The summed E-state index contributed by atoms with van der Waals surface area (Å²) in [6.07, 6.45) is 9.11. The third-order valence-corrected chi connectivity index (χ3v) is 7.23. The van der Waals surface area contributed by atoms with Gasteiger partial charge in [-0.05, 0) is 100 Å². The van der Waals surface area contributed by atoms with E-state index in [0.717, 1.165) is 48.4 Å². The number of aromatic nitrogens is 2. The third kappa shape index (κ3) is 6.05. The van der Waals surface area contributed by atoms with Gasteiger partial charge in [-0.3, -0.25) is 0 Å². The van der Waals surface area contributed by atoms with Crippen molar-refractivity contribution in [1.29, 1.82) is 0 Å². The number of rotatable bonds is 6. The van der Waals surface area contributed by atoms with Crippen molar-refractivity contribution in [2.45, 2.75) is 71.0 Å². The summed E-state index contributed by atoms with van der Waals surface area (Å²) in [5.74, 6) is 1.04. The molecule has 0 unspecified atom stereocenters. The molecule has 36 heavy (non-hydrogen) atoms. The van der Waals surface area contributed by atoms with Crippen LogP contribution in [0, 0.1) is 6.92 Å². The lowest BCUT2D eigenvalue weighted by Gasteiger charge is -2.49. The Morgan fingerprint density at radius 3 is 2.50 bits per heavy atom. The summed E-state index contributed by atoms with van der Waals surface area (Å²) in [4.78, 5) is 2.24. The maximum Gasteiger partial charge on any atom is 0.151 e. The second-order valence-electron chi connectivity index (χ2n) is 11.5. The molecule has 3 heterocycles. The van der Waals surface area contributed by atoms with Crippen molar-refractivity contribution in [2.75, 3.05) is 25.2 Å². The molecular formula is C30H40N4O2. The smallest absolute Gasteiger partial charge is 0.151 e. The number of anilines is 1. The van der Waals surface area contributed by atoms with Gasteiger partial charge in [-0.2, -0.15) is 0 Å². The van der Waals surface area contributed by atoms with E-state index in [1.807, 2.05) is 37.3 Å². The summed E-state index contributed by atoms with van der Waals surface area (Å²) in [7, 11) is 2.10. The molecule has 1 aromatic heterocycles. The second kappa shape index (κ2) is 10.2. The van der Waals surface area contributed by atoms with Crippen LogP contribution in [0.1, 0.15) is 58.1 Å². The lowest BCUT2D eigenvalue weighted by atomic mass is 9.79. The van der Waals surface area contributed by atoms with Crippen molar-refractivity contribution >= 4 is 11.9 Å². The molecule has 1 saturated heterocycles. The zero-order valence-corrected chi connectivity index (χ0v) is 22.6. The second-order valence-corrected chi connectivity index (χ2v) is 11.5. The highest BCUT2D eigenvalue weighted by Crippen LogP contribution is 2.34. The van der Waals surface area contributed by atoms with Gasteiger partial charge in [0.1, 0.15) is 5.75 Å². The minimum atomic E-state index is 0.0538. The fourth-order valence-corrected chi connectivity index (χ4v) is 5.60. The van der Waals surface area contributed by atoms with Crippen LogP contribution in [0.4, 0.5) is 5.82 Å². The number of benzene rings is 1. The van der Waals surface area contributed by atoms with E-state index in [9.17, 15) is 5.11 Å². The van der Waals surface area contributed by atoms with Crippen molar-refractivity contribution in [3.05, 3.63) is 65.3 Å². The van der Waals surface area contributed by atoms with E-state index in [1.165, 1.54) is 5.57 Å². The quantitative estimate of drug-likeness (QED) is 0.500. The fraction of sp³-hybridized carbons (Fsp3) is 0.467. The van der Waals surface area contributed by atoms with Crippen LogP contribution in [0.15, 0.2) is 54.1 Å². The van der Waals surface area contributed by atoms with Crippen LogP contribution < -0.4 is 10.2 Å². The first-order valence-electron chi connectivity index (χ1n) is 12.8. The summed E-state index contributed by atoms with van der Waals surface area (Å²) < 4.78 is 5.40. The van der Waals surface area contributed by atoms with E-state index in [2.05, 4.69) is 67.8 Å². The van der Waals surface area contributed by atoms with Crippen LogP contribution in [0.2, 0.25) is 0 Å². The minimum Gasteiger partial charge on any atom is -0.507 e. The van der Waals surface area contributed by atoms with Crippen LogP contribution in [0.5, 0.6) is 5.75 Å². The number of hydrogen-bond acceptors (Lipinski definition) is 6. The molecule has 6 nitrogen and oxygen atoms in total. The number of aryl methyl sites for hydroxylation is 1. The van der Waals surface area contributed by atoms with Crippen LogP contribution in [-0.4, -0.2) is 52.7 Å². The normalized spacial score (nSPS) is 19.8. The predicted octanol–water partition coefficient (Wildman–Crippen LogP) is 5.82. The van der Waals surface area contributed by atoms with Gasteiger partial charge in [0.25, 0.3) is 0 Å². The van der Waals surface area contributed by atoms with Gasteiger partial charge < -0.3 is 20.1 Å². The molecule has 6 heteroatoms. The van der Waals surface area contributed by atoms with Gasteiger partial charge in [0.15, 0.2) is 5.82 Å². The maximum atomic E-state index is 10.7. The van der Waals surface area contributed by atoms with Gasteiger partial charge in [0.05, 0.1) is 18.9 Å². The van der Waals surface area contributed by atoms with Gasteiger partial charge >= 0.3 is 0 Å². The Balaban J connectivity index is 1.54. The predicted molar refractivity (Wildman–Crippen MR) is 148 cm³/mol. The zero-order valence-electron chi connectivity index (χ0n) is 22.6. The highest BCUT2D eigenvalue weighted by atomic mass is 16.5. The summed E-state index contributed by atoms with van der Waals surface area (Å²) in [5, 5.41) is 23.5. The first kappa shape index (κ1) is 26.1. The molecule has 2 aromatic rings. The first-order valence-corrected chi connectivity index (χ1v) is 12.8. The molecule has 1 aromatic carbocycles. The van der Waals surface area contributed by atoms with Crippen LogP contribution in [0.25, 0.3) is 17.3 Å². The number of ether oxygens (including phenoxy) is 1. The molecule has 0 aliphatic carbocycles. The van der Waals surface area contributed by atoms with Crippen molar-refractivity contribution in [3.63, 3.8) is 0 Å². The lowest BCUT2D eigenvalue weighted by Crippen LogP contribution is -2.62. The molecule has 4 rings (SSSR count). The molecule has 0 spiro atoms. The summed E-state index contributed by atoms with van der Waals surface area (Å²) >= 11 is 0. The van der Waals surface area contributed by atoms with Gasteiger partial charge in [0.2, 0.25) is 0 Å². The average Bonchev–Trinajstić information content (AvgIpc) is 2.81. The van der Waals surface area contributed by atoms with Crippen molar-refractivity contribution in [1.82, 2.24) is 15.5 Å². The Kier molecular flexibility index (Phi) is 7.39. The molecule has 2 aliphatic heterocycles. The largest absolute Gasteiger partial charge is 0.507 e. The van der Waals surface area contributed by atoms with Gasteiger partial charge in [-0.15, -0.1) is 10.2 Å². The molecule has 0 bridgehead atoms. The number of aromatic hydroxyl groups is 1. The molecule has 192 valence electrons. The van der Waals surface area contributed by atoms with Crippen molar-refractivity contribution in [3.8, 4) is 17.0 Å². The molecule has 1 fully saturated rings. The molecular weight excluding hydrogens is 448 g/mol. The fourth-order valence-electron chi connectivity index (χ4n) is 5.60. The number of phenolic OH excluding ortho intramolecular Hbond substituents is 1. The average molecular weight is 489 g/mol. The number of hydrogen-bond donors (Lipinski definition) is 2. The standard InChI is InChI=1S/C30H40N4O2/c1-20(22-12-14-36-15-13-22)8-9-23-17-25(27(35)16-21(23)2)26-10-11-28(32-31-26)34(7)24-18-29(3,4)33-30(5,6)19-24/h8-12,16-17,24,33,35H,1,13-15,18-19H2,2-7H3/b9-8-. The number of allylic oxidation sites excluding steroid dienone is 2. The molecule has 2 aliphatic rings.